The van der Waals surface area contributed by atoms with E-state index in [9.17, 15) is 8.42 Å². The van der Waals surface area contributed by atoms with Crippen LogP contribution >= 0.6 is 0 Å². The average Bonchev–Trinajstić information content (AvgIpc) is 3.10. The number of primary sulfonamides is 1. The number of fused-ring (bicyclic) bond motifs is 1. The Morgan fingerprint density at radius 1 is 1.21 bits per heavy atom. The highest BCUT2D eigenvalue weighted by molar-refractivity contribution is 7.89. The van der Waals surface area contributed by atoms with Crippen molar-refractivity contribution in [2.24, 2.45) is 11.1 Å². The van der Waals surface area contributed by atoms with Crippen LogP contribution < -0.4 is 15.2 Å². The lowest BCUT2D eigenvalue weighted by Gasteiger charge is -2.17. The number of imidazole rings is 1. The number of ether oxygens (including phenoxy) is 1. The maximum atomic E-state index is 11.3. The molecule has 4 N–H and O–H groups in total. The standard InChI is InChI=1S/C18H20N6O3S/c19-28(25,26)14-8-6-13(7-9-14)22-18-23-15-16(24-18)20-11-21-17(15)27-10-12-4-2-1-3-5-12/h1-2,6-9,11-12H,3-5,10H2,(H2,19,25,26)(H2,20,21,22,23,24). The molecule has 1 aromatic carbocycles. The van der Waals surface area contributed by atoms with Crippen molar-refractivity contribution in [1.29, 1.82) is 0 Å². The summed E-state index contributed by atoms with van der Waals surface area (Å²) in [5, 5.41) is 8.18. The Morgan fingerprint density at radius 3 is 2.75 bits per heavy atom. The van der Waals surface area contributed by atoms with Gasteiger partial charge in [0.05, 0.1) is 11.5 Å². The van der Waals surface area contributed by atoms with Gasteiger partial charge in [-0.2, -0.15) is 9.97 Å². The van der Waals surface area contributed by atoms with Gasteiger partial charge >= 0.3 is 0 Å². The van der Waals surface area contributed by atoms with Crippen LogP contribution in [0.2, 0.25) is 0 Å². The summed E-state index contributed by atoms with van der Waals surface area (Å²) >= 11 is 0. The number of H-pyrrole nitrogens is 1. The van der Waals surface area contributed by atoms with E-state index in [2.05, 4.69) is 37.4 Å². The molecule has 0 aliphatic heterocycles. The SMILES string of the molecule is NS(=O)(=O)c1ccc(Nc2nc3ncnc(OCC4CC=CCC4)c3[nH]2)cc1. The Kier molecular flexibility index (Phi) is 4.97. The number of hydrogen-bond donors (Lipinski definition) is 3. The number of nitrogens with zero attached hydrogens (tertiary/aromatic N) is 3. The Bertz CT molecular complexity index is 1110. The average molecular weight is 400 g/mol. The lowest BCUT2D eigenvalue weighted by Crippen LogP contribution is -2.14. The highest BCUT2D eigenvalue weighted by Crippen LogP contribution is 2.25. The molecule has 1 aliphatic carbocycles. The highest BCUT2D eigenvalue weighted by Gasteiger charge is 2.15. The minimum absolute atomic E-state index is 0.0433. The minimum Gasteiger partial charge on any atom is -0.476 e. The molecule has 2 aromatic heterocycles. The van der Waals surface area contributed by atoms with Crippen LogP contribution in [0.4, 0.5) is 11.6 Å². The van der Waals surface area contributed by atoms with E-state index in [-0.39, 0.29) is 4.90 Å². The Labute approximate surface area is 162 Å². The summed E-state index contributed by atoms with van der Waals surface area (Å²) in [6, 6.07) is 6.06. The van der Waals surface area contributed by atoms with Crippen molar-refractivity contribution in [1.82, 2.24) is 19.9 Å². The van der Waals surface area contributed by atoms with Gasteiger partial charge in [0, 0.05) is 5.69 Å². The number of hydrogen-bond acceptors (Lipinski definition) is 7. The van der Waals surface area contributed by atoms with Gasteiger partial charge in [-0.15, -0.1) is 0 Å². The van der Waals surface area contributed by atoms with E-state index in [0.29, 0.717) is 41.2 Å². The highest BCUT2D eigenvalue weighted by atomic mass is 32.2. The number of anilines is 2. The molecular weight excluding hydrogens is 380 g/mol. The number of aromatic amines is 1. The molecule has 0 amide bonds. The number of nitrogens with one attached hydrogen (secondary N) is 2. The van der Waals surface area contributed by atoms with Crippen molar-refractivity contribution < 1.29 is 13.2 Å². The maximum Gasteiger partial charge on any atom is 0.243 e. The van der Waals surface area contributed by atoms with Crippen LogP contribution in [0, 0.1) is 5.92 Å². The van der Waals surface area contributed by atoms with Crippen molar-refractivity contribution in [2.75, 3.05) is 11.9 Å². The number of allylic oxidation sites excluding steroid dienone is 2. The van der Waals surface area contributed by atoms with E-state index in [1.807, 2.05) is 0 Å². The normalized spacial score (nSPS) is 17.0. The molecule has 9 nitrogen and oxygen atoms in total. The second kappa shape index (κ2) is 7.56. The first-order chi connectivity index (χ1) is 13.5. The van der Waals surface area contributed by atoms with Crippen molar-refractivity contribution >= 4 is 32.8 Å². The molecule has 0 radical (unpaired) electrons. The molecule has 1 aliphatic rings. The summed E-state index contributed by atoms with van der Waals surface area (Å²) in [5.74, 6) is 1.39. The first-order valence-corrected chi connectivity index (χ1v) is 10.4. The lowest BCUT2D eigenvalue weighted by atomic mass is 9.95. The second-order valence-electron chi connectivity index (χ2n) is 6.62. The van der Waals surface area contributed by atoms with Gasteiger partial charge in [-0.1, -0.05) is 12.2 Å². The fourth-order valence-corrected chi connectivity index (χ4v) is 3.56. The number of nitrogens with two attached hydrogens (primary N) is 1. The zero-order valence-electron chi connectivity index (χ0n) is 15.0. The van der Waals surface area contributed by atoms with Crippen molar-refractivity contribution in [2.45, 2.75) is 24.2 Å². The molecule has 10 heteroatoms. The Hall–Kier alpha value is -2.98. The van der Waals surface area contributed by atoms with E-state index in [1.165, 1.54) is 18.5 Å². The van der Waals surface area contributed by atoms with Crippen LogP contribution in [0.3, 0.4) is 0 Å². The van der Waals surface area contributed by atoms with Crippen LogP contribution in [0.5, 0.6) is 5.88 Å². The smallest absolute Gasteiger partial charge is 0.243 e. The van der Waals surface area contributed by atoms with E-state index in [4.69, 9.17) is 9.88 Å². The molecular formula is C18H20N6O3S. The van der Waals surface area contributed by atoms with Crippen LogP contribution in [0.1, 0.15) is 19.3 Å². The van der Waals surface area contributed by atoms with Crippen LogP contribution in [0.25, 0.3) is 11.2 Å². The van der Waals surface area contributed by atoms with E-state index in [0.717, 1.165) is 19.3 Å². The first-order valence-electron chi connectivity index (χ1n) is 8.87. The number of rotatable bonds is 6. The minimum atomic E-state index is -3.72. The number of sulfonamides is 1. The Balaban J connectivity index is 1.50. The van der Waals surface area contributed by atoms with Gasteiger partial charge in [0.15, 0.2) is 5.65 Å². The molecule has 0 saturated carbocycles. The summed E-state index contributed by atoms with van der Waals surface area (Å²) < 4.78 is 28.6. The fraction of sp³-hybridized carbons (Fsp3) is 0.278. The van der Waals surface area contributed by atoms with Gasteiger partial charge in [-0.05, 0) is 49.4 Å². The molecule has 0 bridgehead atoms. The van der Waals surface area contributed by atoms with Gasteiger partial charge < -0.3 is 15.0 Å². The first kappa shape index (κ1) is 18.4. The third-order valence-electron chi connectivity index (χ3n) is 4.53. The fourth-order valence-electron chi connectivity index (χ4n) is 3.04. The van der Waals surface area contributed by atoms with E-state index in [1.54, 1.807) is 12.1 Å². The topological polar surface area (TPSA) is 136 Å². The van der Waals surface area contributed by atoms with Crippen LogP contribution in [-0.4, -0.2) is 35.0 Å². The van der Waals surface area contributed by atoms with Gasteiger partial charge in [-0.25, -0.2) is 18.5 Å². The molecule has 0 saturated heterocycles. The van der Waals surface area contributed by atoms with E-state index >= 15 is 0 Å². The monoisotopic (exact) mass is 400 g/mol. The summed E-state index contributed by atoms with van der Waals surface area (Å²) in [7, 11) is -3.72. The largest absolute Gasteiger partial charge is 0.476 e. The van der Waals surface area contributed by atoms with Crippen molar-refractivity contribution in [3.63, 3.8) is 0 Å². The third-order valence-corrected chi connectivity index (χ3v) is 5.46. The van der Waals surface area contributed by atoms with E-state index < -0.39 is 10.0 Å². The van der Waals surface area contributed by atoms with Gasteiger partial charge in [0.2, 0.25) is 21.9 Å². The predicted octanol–water partition coefficient (Wildman–Crippen LogP) is 2.48. The number of benzene rings is 1. The molecule has 28 heavy (non-hydrogen) atoms. The molecule has 4 rings (SSSR count). The summed E-state index contributed by atoms with van der Waals surface area (Å²) in [4.78, 5) is 15.9. The van der Waals surface area contributed by atoms with Gasteiger partial charge in [0.25, 0.3) is 0 Å². The van der Waals surface area contributed by atoms with Crippen molar-refractivity contribution in [3.05, 3.63) is 42.7 Å². The molecule has 146 valence electrons. The summed E-state index contributed by atoms with van der Waals surface area (Å²) in [6.45, 7) is 0.591. The maximum absolute atomic E-state index is 11.3. The zero-order valence-corrected chi connectivity index (χ0v) is 15.8. The summed E-state index contributed by atoms with van der Waals surface area (Å²) in [5.41, 5.74) is 1.74. The second-order valence-corrected chi connectivity index (χ2v) is 8.18. The quantitative estimate of drug-likeness (QED) is 0.541. The molecule has 1 atom stereocenters. The predicted molar refractivity (Wildman–Crippen MR) is 105 cm³/mol. The molecule has 2 heterocycles. The van der Waals surface area contributed by atoms with Gasteiger partial charge in [-0.3, -0.25) is 0 Å². The third kappa shape index (κ3) is 4.12. The lowest BCUT2D eigenvalue weighted by molar-refractivity contribution is 0.233. The molecule has 0 fully saturated rings. The number of aromatic nitrogens is 4. The summed E-state index contributed by atoms with van der Waals surface area (Å²) in [6.07, 6.45) is 9.00. The van der Waals surface area contributed by atoms with Gasteiger partial charge in [0.1, 0.15) is 11.8 Å². The molecule has 3 aromatic rings. The Morgan fingerprint density at radius 2 is 2.04 bits per heavy atom. The zero-order chi connectivity index (χ0) is 19.6. The molecule has 0 spiro atoms. The molecule has 1 unspecified atom stereocenters. The van der Waals surface area contributed by atoms with Crippen molar-refractivity contribution in [3.8, 4) is 5.88 Å². The van der Waals surface area contributed by atoms with Crippen LogP contribution in [-0.2, 0) is 10.0 Å². The van der Waals surface area contributed by atoms with Crippen LogP contribution in [0.15, 0.2) is 47.6 Å².